The van der Waals surface area contributed by atoms with Gasteiger partial charge in [-0.1, -0.05) is 0 Å². The molecule has 28 heavy (non-hydrogen) atoms. The molecule has 0 heterocycles. The van der Waals surface area contributed by atoms with Gasteiger partial charge in [0.1, 0.15) is 5.38 Å². The Hall–Kier alpha value is -1.77. The first-order chi connectivity index (χ1) is 13.5. The van der Waals surface area contributed by atoms with Gasteiger partial charge in [-0.2, -0.15) is 0 Å². The number of allylic oxidation sites excluding steroid dienone is 1. The summed E-state index contributed by atoms with van der Waals surface area (Å²) in [5.41, 5.74) is 2.97. The summed E-state index contributed by atoms with van der Waals surface area (Å²) in [7, 11) is 0. The number of rotatable bonds is 10. The molecule has 0 amide bonds. The van der Waals surface area contributed by atoms with Crippen molar-refractivity contribution in [3.05, 3.63) is 35.9 Å². The molecule has 0 bridgehead atoms. The van der Waals surface area contributed by atoms with Gasteiger partial charge in [0, 0.05) is 25.3 Å². The molecule has 0 spiro atoms. The Balaban J connectivity index is 1.89. The molecule has 0 saturated heterocycles. The zero-order valence-electron chi connectivity index (χ0n) is 16.1. The van der Waals surface area contributed by atoms with E-state index >= 15 is 0 Å². The number of benzene rings is 1. The molecule has 5 N–H and O–H groups in total. The number of anilines is 1. The first-order valence-corrected chi connectivity index (χ1v) is 9.85. The molecule has 0 radical (unpaired) electrons. The lowest BCUT2D eigenvalue weighted by Gasteiger charge is -2.24. The number of aliphatic imine (C=N–C) groups is 1. The van der Waals surface area contributed by atoms with Crippen LogP contribution in [0.1, 0.15) is 13.3 Å². The van der Waals surface area contributed by atoms with Gasteiger partial charge in [0.2, 0.25) is 0 Å². The normalized spacial score (nSPS) is 21.3. The Kier molecular flexibility index (Phi) is 9.08. The third-order valence-corrected chi connectivity index (χ3v) is 5.05. The van der Waals surface area contributed by atoms with E-state index in [1.165, 1.54) is 0 Å². The minimum absolute atomic E-state index is 0.0903. The van der Waals surface area contributed by atoms with Gasteiger partial charge in [-0.05, 0) is 55.8 Å². The van der Waals surface area contributed by atoms with Crippen LogP contribution in [0.2, 0.25) is 0 Å². The number of nitrogens with one attached hydrogen (secondary N) is 2. The van der Waals surface area contributed by atoms with E-state index in [1.807, 2.05) is 29.2 Å². The van der Waals surface area contributed by atoms with Crippen molar-refractivity contribution in [2.24, 2.45) is 4.99 Å². The molecule has 0 aliphatic heterocycles. The van der Waals surface area contributed by atoms with Gasteiger partial charge in [-0.15, -0.1) is 11.6 Å². The van der Waals surface area contributed by atoms with Crippen LogP contribution in [0.25, 0.3) is 0 Å². The van der Waals surface area contributed by atoms with E-state index in [2.05, 4.69) is 10.3 Å². The Morgan fingerprint density at radius 3 is 2.39 bits per heavy atom. The zero-order chi connectivity index (χ0) is 20.5. The fourth-order valence-corrected chi connectivity index (χ4v) is 3.26. The van der Waals surface area contributed by atoms with Crippen molar-refractivity contribution in [3.8, 4) is 0 Å². The molecule has 0 aromatic heterocycles. The number of alkyl halides is 1. The summed E-state index contributed by atoms with van der Waals surface area (Å²) >= 11 is 6.09. The van der Waals surface area contributed by atoms with Crippen LogP contribution >= 0.6 is 11.6 Å². The van der Waals surface area contributed by atoms with Gasteiger partial charge >= 0.3 is 0 Å². The maximum absolute atomic E-state index is 9.90. The Labute approximate surface area is 170 Å². The average molecular weight is 409 g/mol. The average Bonchev–Trinajstić information content (AvgIpc) is 2.69. The van der Waals surface area contributed by atoms with E-state index in [4.69, 9.17) is 27.2 Å². The highest BCUT2D eigenvalue weighted by Gasteiger charge is 2.29. The molecule has 2 atom stereocenters. The highest BCUT2D eigenvalue weighted by Crippen LogP contribution is 2.23. The maximum atomic E-state index is 9.90. The van der Waals surface area contributed by atoms with Crippen LogP contribution in [-0.4, -0.2) is 82.5 Å². The lowest BCUT2D eigenvalue weighted by Crippen LogP contribution is -2.38. The van der Waals surface area contributed by atoms with Gasteiger partial charge < -0.3 is 26.0 Å². The predicted molar refractivity (Wildman–Crippen MR) is 114 cm³/mol. The monoisotopic (exact) mass is 408 g/mol. The van der Waals surface area contributed by atoms with E-state index in [-0.39, 0.29) is 18.9 Å². The fourth-order valence-electron chi connectivity index (χ4n) is 2.95. The summed E-state index contributed by atoms with van der Waals surface area (Å²) < 4.78 is 0. The third-order valence-electron chi connectivity index (χ3n) is 4.59. The van der Waals surface area contributed by atoms with E-state index in [0.717, 1.165) is 25.2 Å². The highest BCUT2D eigenvalue weighted by atomic mass is 35.5. The van der Waals surface area contributed by atoms with Crippen LogP contribution < -0.4 is 5.32 Å². The van der Waals surface area contributed by atoms with E-state index in [9.17, 15) is 5.11 Å². The standard InChI is InChI=1S/C20H29ClN4O3/c1-14-13-17(19(22)18(21)20(14)28)24-16-5-3-15(4-6-16)23-7-2-8-25(9-11-26)10-12-27/h3-6,13,18,20,22-23,26-28H,2,7-12H2,1H3. The molecule has 2 rings (SSSR count). The molecule has 1 aromatic rings. The molecule has 0 fully saturated rings. The summed E-state index contributed by atoms with van der Waals surface area (Å²) in [6, 6.07) is 7.58. The zero-order valence-corrected chi connectivity index (χ0v) is 16.9. The van der Waals surface area contributed by atoms with Gasteiger partial charge in [0.25, 0.3) is 0 Å². The fraction of sp³-hybridized carbons (Fsp3) is 0.500. The van der Waals surface area contributed by atoms with Crippen molar-refractivity contribution in [1.29, 1.82) is 5.41 Å². The molecule has 7 nitrogen and oxygen atoms in total. The Morgan fingerprint density at radius 2 is 1.79 bits per heavy atom. The van der Waals surface area contributed by atoms with Crippen LogP contribution in [0, 0.1) is 5.41 Å². The van der Waals surface area contributed by atoms with Crippen molar-refractivity contribution in [2.45, 2.75) is 24.8 Å². The SMILES string of the molecule is CC1=CC(=Nc2ccc(NCCCN(CCO)CCO)cc2)C(=N)C(Cl)C1O. The summed E-state index contributed by atoms with van der Waals surface area (Å²) in [6.45, 7) is 4.67. The number of aliphatic hydroxyl groups is 3. The van der Waals surface area contributed by atoms with Crippen molar-refractivity contribution in [3.63, 3.8) is 0 Å². The highest BCUT2D eigenvalue weighted by molar-refractivity contribution is 6.56. The summed E-state index contributed by atoms with van der Waals surface area (Å²) in [4.78, 5) is 6.50. The third kappa shape index (κ3) is 6.39. The smallest absolute Gasteiger partial charge is 0.107 e. The summed E-state index contributed by atoms with van der Waals surface area (Å²) in [5.74, 6) is 0. The number of aliphatic hydroxyl groups excluding tert-OH is 3. The van der Waals surface area contributed by atoms with Crippen LogP contribution in [0.15, 0.2) is 40.9 Å². The van der Waals surface area contributed by atoms with Crippen molar-refractivity contribution >= 4 is 34.4 Å². The van der Waals surface area contributed by atoms with Crippen molar-refractivity contribution in [2.75, 3.05) is 44.7 Å². The molecule has 154 valence electrons. The van der Waals surface area contributed by atoms with Gasteiger partial charge in [-0.25, -0.2) is 4.99 Å². The quantitative estimate of drug-likeness (QED) is 0.299. The molecular weight excluding hydrogens is 380 g/mol. The van der Waals surface area contributed by atoms with Crippen LogP contribution in [0.3, 0.4) is 0 Å². The second-order valence-corrected chi connectivity index (χ2v) is 7.23. The molecular formula is C20H29ClN4O3. The lowest BCUT2D eigenvalue weighted by atomic mass is 9.94. The first kappa shape index (κ1) is 22.5. The van der Waals surface area contributed by atoms with Gasteiger partial charge in [0.15, 0.2) is 0 Å². The number of halogens is 1. The van der Waals surface area contributed by atoms with E-state index < -0.39 is 11.5 Å². The molecule has 8 heteroatoms. The maximum Gasteiger partial charge on any atom is 0.107 e. The lowest BCUT2D eigenvalue weighted by molar-refractivity contribution is 0.161. The van der Waals surface area contributed by atoms with E-state index in [1.54, 1.807) is 13.0 Å². The molecule has 2 unspecified atom stereocenters. The topological polar surface area (TPSA) is 112 Å². The van der Waals surface area contributed by atoms with E-state index in [0.29, 0.717) is 30.1 Å². The largest absolute Gasteiger partial charge is 0.395 e. The predicted octanol–water partition coefficient (Wildman–Crippen LogP) is 1.80. The van der Waals surface area contributed by atoms with Crippen molar-refractivity contribution in [1.82, 2.24) is 4.90 Å². The van der Waals surface area contributed by atoms with Crippen LogP contribution in [0.5, 0.6) is 0 Å². The Bertz CT molecular complexity index is 700. The molecule has 1 aliphatic rings. The van der Waals surface area contributed by atoms with Crippen LogP contribution in [0.4, 0.5) is 11.4 Å². The minimum atomic E-state index is -0.842. The number of nitrogens with zero attached hydrogens (tertiary/aromatic N) is 2. The second kappa shape index (κ2) is 11.3. The van der Waals surface area contributed by atoms with Gasteiger partial charge in [-0.3, -0.25) is 4.90 Å². The number of hydrogen-bond donors (Lipinski definition) is 5. The van der Waals surface area contributed by atoms with Crippen LogP contribution in [-0.2, 0) is 0 Å². The first-order valence-electron chi connectivity index (χ1n) is 9.42. The Morgan fingerprint density at radius 1 is 1.14 bits per heavy atom. The molecule has 1 aromatic carbocycles. The van der Waals surface area contributed by atoms with Crippen molar-refractivity contribution < 1.29 is 15.3 Å². The minimum Gasteiger partial charge on any atom is -0.395 e. The summed E-state index contributed by atoms with van der Waals surface area (Å²) in [5, 5.41) is 38.5. The van der Waals surface area contributed by atoms with Gasteiger partial charge in [0.05, 0.1) is 36.4 Å². The molecule has 1 aliphatic carbocycles. The molecule has 0 saturated carbocycles. The number of hydrogen-bond acceptors (Lipinski definition) is 7. The summed E-state index contributed by atoms with van der Waals surface area (Å²) in [6.07, 6.45) is 1.75. The second-order valence-electron chi connectivity index (χ2n) is 6.76.